The van der Waals surface area contributed by atoms with Crippen LogP contribution in [0.25, 0.3) is 0 Å². The molecule has 0 radical (unpaired) electrons. The Hall–Kier alpha value is -3.25. The molecule has 136 valence electrons. The van der Waals surface area contributed by atoms with Crippen molar-refractivity contribution >= 4 is 23.7 Å². The minimum Gasteiger partial charge on any atom is -0.310 e. The topological polar surface area (TPSA) is 63.5 Å². The summed E-state index contributed by atoms with van der Waals surface area (Å²) < 4.78 is 15.1. The summed E-state index contributed by atoms with van der Waals surface area (Å²) in [5.41, 5.74) is 2.70. The molecule has 2 aromatic carbocycles. The lowest BCUT2D eigenvalue weighted by Crippen LogP contribution is -2.30. The second kappa shape index (κ2) is 8.42. The monoisotopic (exact) mass is 383 g/mol. The molecule has 0 aliphatic heterocycles. The van der Waals surface area contributed by atoms with Crippen molar-refractivity contribution in [3.63, 3.8) is 0 Å². The summed E-state index contributed by atoms with van der Waals surface area (Å²) in [6, 6.07) is 16.6. The molecule has 1 N–H and O–H groups in total. The van der Waals surface area contributed by atoms with Crippen molar-refractivity contribution in [1.29, 1.82) is 0 Å². The van der Waals surface area contributed by atoms with E-state index in [0.717, 1.165) is 11.8 Å². The van der Waals surface area contributed by atoms with Gasteiger partial charge in [-0.1, -0.05) is 48.0 Å². The number of pyridine rings is 1. The quantitative estimate of drug-likeness (QED) is 0.541. The van der Waals surface area contributed by atoms with Crippen molar-refractivity contribution in [2.24, 2.45) is 5.10 Å². The van der Waals surface area contributed by atoms with Crippen molar-refractivity contribution < 1.29 is 9.18 Å². The normalized spacial score (nSPS) is 10.9. The second-order valence-electron chi connectivity index (χ2n) is 5.67. The lowest BCUT2D eigenvalue weighted by atomic mass is 10.2. The Morgan fingerprint density at radius 2 is 1.89 bits per heavy atom. The zero-order valence-electron chi connectivity index (χ0n) is 14.1. The van der Waals surface area contributed by atoms with Gasteiger partial charge >= 0.3 is 0 Å². The molecule has 0 fully saturated rings. The molecular weight excluding hydrogens is 369 g/mol. The molecule has 0 spiro atoms. The number of rotatable bonds is 5. The Labute approximate surface area is 159 Å². The standard InChI is InChI=1S/C20H15ClFN3O2/c21-17-9-4-10-18(22)16(17)12-23-24-19(26)15-8-5-11-25(20(15)27)13-14-6-2-1-3-7-14/h1-12H,13H2,(H,24,26)/b23-12-. The fourth-order valence-electron chi connectivity index (χ4n) is 2.46. The smallest absolute Gasteiger partial charge is 0.276 e. The third-order valence-corrected chi connectivity index (χ3v) is 4.15. The van der Waals surface area contributed by atoms with Crippen molar-refractivity contribution in [2.75, 3.05) is 0 Å². The van der Waals surface area contributed by atoms with Gasteiger partial charge in [-0.15, -0.1) is 0 Å². The summed E-state index contributed by atoms with van der Waals surface area (Å²) in [5, 5.41) is 3.86. The summed E-state index contributed by atoms with van der Waals surface area (Å²) >= 11 is 5.89. The lowest BCUT2D eigenvalue weighted by Gasteiger charge is -2.07. The van der Waals surface area contributed by atoms with Crippen molar-refractivity contribution in [3.05, 3.63) is 105 Å². The van der Waals surface area contributed by atoms with Crippen molar-refractivity contribution in [3.8, 4) is 0 Å². The van der Waals surface area contributed by atoms with Crippen molar-refractivity contribution in [2.45, 2.75) is 6.54 Å². The van der Waals surface area contributed by atoms with Crippen LogP contribution in [-0.4, -0.2) is 16.7 Å². The number of hydrazone groups is 1. The Morgan fingerprint density at radius 3 is 2.63 bits per heavy atom. The molecule has 0 aliphatic carbocycles. The first-order valence-electron chi connectivity index (χ1n) is 8.07. The fourth-order valence-corrected chi connectivity index (χ4v) is 2.68. The first kappa shape index (κ1) is 18.5. The average Bonchev–Trinajstić information content (AvgIpc) is 2.66. The predicted molar refractivity (Wildman–Crippen MR) is 103 cm³/mol. The van der Waals surface area contributed by atoms with Gasteiger partial charge in [0, 0.05) is 11.8 Å². The zero-order chi connectivity index (χ0) is 19.2. The second-order valence-corrected chi connectivity index (χ2v) is 6.08. The van der Waals surface area contributed by atoms with Gasteiger partial charge in [-0.25, -0.2) is 9.82 Å². The first-order chi connectivity index (χ1) is 13.1. The van der Waals surface area contributed by atoms with E-state index in [1.54, 1.807) is 12.3 Å². The van der Waals surface area contributed by atoms with Crippen LogP contribution in [0.3, 0.4) is 0 Å². The van der Waals surface area contributed by atoms with Gasteiger partial charge in [-0.05, 0) is 29.8 Å². The minimum absolute atomic E-state index is 0.0500. The molecule has 1 amide bonds. The minimum atomic E-state index is -0.689. The van der Waals surface area contributed by atoms with E-state index < -0.39 is 17.3 Å². The predicted octanol–water partition coefficient (Wildman–Crippen LogP) is 3.45. The van der Waals surface area contributed by atoms with E-state index in [1.165, 1.54) is 28.8 Å². The molecular formula is C20H15ClFN3O2. The number of carbonyl (C=O) groups excluding carboxylic acids is 1. The van der Waals surface area contributed by atoms with Crippen LogP contribution in [0.4, 0.5) is 4.39 Å². The first-order valence-corrected chi connectivity index (χ1v) is 8.45. The molecule has 27 heavy (non-hydrogen) atoms. The van der Waals surface area contributed by atoms with Gasteiger partial charge in [0.05, 0.1) is 17.8 Å². The molecule has 7 heteroatoms. The van der Waals surface area contributed by atoms with Crippen LogP contribution in [-0.2, 0) is 6.54 Å². The molecule has 1 heterocycles. The molecule has 3 rings (SSSR count). The highest BCUT2D eigenvalue weighted by atomic mass is 35.5. The van der Waals surface area contributed by atoms with Gasteiger partial charge < -0.3 is 4.57 Å². The van der Waals surface area contributed by atoms with Crippen LogP contribution in [0.5, 0.6) is 0 Å². The van der Waals surface area contributed by atoms with Crippen molar-refractivity contribution in [1.82, 2.24) is 9.99 Å². The highest BCUT2D eigenvalue weighted by Crippen LogP contribution is 2.16. The zero-order valence-corrected chi connectivity index (χ0v) is 14.9. The number of halogens is 2. The van der Waals surface area contributed by atoms with E-state index in [9.17, 15) is 14.0 Å². The molecule has 1 aromatic heterocycles. The Kier molecular flexibility index (Phi) is 5.78. The number of aromatic nitrogens is 1. The number of hydrogen-bond donors (Lipinski definition) is 1. The Morgan fingerprint density at radius 1 is 1.11 bits per heavy atom. The number of amides is 1. The number of nitrogens with one attached hydrogen (secondary N) is 1. The van der Waals surface area contributed by atoms with Crippen LogP contribution in [0, 0.1) is 5.82 Å². The van der Waals surface area contributed by atoms with Crippen LogP contribution in [0.15, 0.2) is 76.8 Å². The molecule has 0 bridgehead atoms. The summed E-state index contributed by atoms with van der Waals surface area (Å²) in [6.07, 6.45) is 2.70. The summed E-state index contributed by atoms with van der Waals surface area (Å²) in [4.78, 5) is 24.8. The number of carbonyl (C=O) groups is 1. The van der Waals surface area contributed by atoms with E-state index in [0.29, 0.717) is 6.54 Å². The number of benzene rings is 2. The average molecular weight is 384 g/mol. The Bertz CT molecular complexity index is 1030. The van der Waals surface area contributed by atoms with Crippen LogP contribution in [0.1, 0.15) is 21.5 Å². The summed E-state index contributed by atoms with van der Waals surface area (Å²) in [5.74, 6) is -1.25. The van der Waals surface area contributed by atoms with E-state index in [4.69, 9.17) is 11.6 Å². The Balaban J connectivity index is 1.76. The lowest BCUT2D eigenvalue weighted by molar-refractivity contribution is 0.0953. The maximum atomic E-state index is 13.7. The van der Waals surface area contributed by atoms with Crippen LogP contribution in [0.2, 0.25) is 5.02 Å². The van der Waals surface area contributed by atoms with E-state index in [1.807, 2.05) is 30.3 Å². The summed E-state index contributed by atoms with van der Waals surface area (Å²) in [7, 11) is 0. The molecule has 0 aliphatic rings. The van der Waals surface area contributed by atoms with Gasteiger partial charge in [-0.2, -0.15) is 5.10 Å². The van der Waals surface area contributed by atoms with E-state index >= 15 is 0 Å². The molecule has 0 atom stereocenters. The SMILES string of the molecule is O=C(N/N=C\c1c(F)cccc1Cl)c1cccn(Cc2ccccc2)c1=O. The number of nitrogens with zero attached hydrogens (tertiary/aromatic N) is 2. The maximum Gasteiger partial charge on any atom is 0.276 e. The van der Waals surface area contributed by atoms with Gasteiger partial charge in [0.15, 0.2) is 0 Å². The molecule has 0 saturated heterocycles. The van der Waals surface area contributed by atoms with Crippen LogP contribution >= 0.6 is 11.6 Å². The molecule has 0 saturated carbocycles. The van der Waals surface area contributed by atoms with Crippen LogP contribution < -0.4 is 11.0 Å². The number of hydrogen-bond acceptors (Lipinski definition) is 3. The molecule has 3 aromatic rings. The van der Waals surface area contributed by atoms with Gasteiger partial charge in [-0.3, -0.25) is 9.59 Å². The van der Waals surface area contributed by atoms with E-state index in [-0.39, 0.29) is 16.1 Å². The van der Waals surface area contributed by atoms with Gasteiger partial charge in [0.25, 0.3) is 11.5 Å². The molecule has 0 unspecified atom stereocenters. The third-order valence-electron chi connectivity index (χ3n) is 3.82. The van der Waals surface area contributed by atoms with E-state index in [2.05, 4.69) is 10.5 Å². The largest absolute Gasteiger partial charge is 0.310 e. The third kappa shape index (κ3) is 4.48. The van der Waals surface area contributed by atoms with Gasteiger partial charge in [0.1, 0.15) is 11.4 Å². The highest BCUT2D eigenvalue weighted by molar-refractivity contribution is 6.33. The fraction of sp³-hybridized carbons (Fsp3) is 0.0500. The maximum absolute atomic E-state index is 13.7. The highest BCUT2D eigenvalue weighted by Gasteiger charge is 2.12. The van der Waals surface area contributed by atoms with Gasteiger partial charge in [0.2, 0.25) is 0 Å². The molecule has 5 nitrogen and oxygen atoms in total. The summed E-state index contributed by atoms with van der Waals surface area (Å²) in [6.45, 7) is 0.342.